The van der Waals surface area contributed by atoms with Crippen molar-refractivity contribution in [2.45, 2.75) is 39.7 Å². The zero-order valence-corrected chi connectivity index (χ0v) is 17.5. The van der Waals surface area contributed by atoms with Crippen molar-refractivity contribution in [2.24, 2.45) is 16.8 Å². The van der Waals surface area contributed by atoms with Crippen LogP contribution in [0.2, 0.25) is 0 Å². The van der Waals surface area contributed by atoms with Crippen LogP contribution >= 0.6 is 11.3 Å². The molecule has 1 saturated heterocycles. The lowest BCUT2D eigenvalue weighted by Gasteiger charge is -2.32. The number of hydrogen-bond acceptors (Lipinski definition) is 4. The first kappa shape index (κ1) is 21.2. The molecule has 26 heavy (non-hydrogen) atoms. The van der Waals surface area contributed by atoms with Gasteiger partial charge in [0.05, 0.1) is 6.61 Å². The van der Waals surface area contributed by atoms with Crippen molar-refractivity contribution in [3.8, 4) is 0 Å². The van der Waals surface area contributed by atoms with Crippen molar-refractivity contribution >= 4 is 17.3 Å². The van der Waals surface area contributed by atoms with Crippen molar-refractivity contribution in [2.75, 3.05) is 46.4 Å². The van der Waals surface area contributed by atoms with Gasteiger partial charge in [-0.25, -0.2) is 0 Å². The monoisotopic (exact) mass is 380 g/mol. The minimum atomic E-state index is 0.703. The maximum absolute atomic E-state index is 5.64. The summed E-state index contributed by atoms with van der Waals surface area (Å²) in [5, 5.41) is 8.98. The molecule has 1 aromatic heterocycles. The smallest absolute Gasteiger partial charge is 0.191 e. The summed E-state index contributed by atoms with van der Waals surface area (Å²) in [4.78, 5) is 8.36. The summed E-state index contributed by atoms with van der Waals surface area (Å²) in [5.74, 6) is 2.32. The Balaban J connectivity index is 1.53. The highest BCUT2D eigenvalue weighted by Gasteiger charge is 2.19. The molecule has 0 radical (unpaired) electrons. The van der Waals surface area contributed by atoms with Gasteiger partial charge in [0.15, 0.2) is 5.96 Å². The third-order valence-corrected chi connectivity index (χ3v) is 5.69. The largest absolute Gasteiger partial charge is 0.380 e. The summed E-state index contributed by atoms with van der Waals surface area (Å²) in [6, 6.07) is 4.38. The fourth-order valence-corrected chi connectivity index (χ4v) is 3.84. The van der Waals surface area contributed by atoms with Gasteiger partial charge in [-0.2, -0.15) is 0 Å². The number of thiophene rings is 1. The van der Waals surface area contributed by atoms with Crippen molar-refractivity contribution in [3.63, 3.8) is 0 Å². The van der Waals surface area contributed by atoms with Crippen LogP contribution in [0.4, 0.5) is 0 Å². The van der Waals surface area contributed by atoms with Gasteiger partial charge in [-0.3, -0.25) is 9.89 Å². The Morgan fingerprint density at radius 1 is 1.31 bits per heavy atom. The molecule has 2 heterocycles. The van der Waals surface area contributed by atoms with Gasteiger partial charge in [-0.05, 0) is 55.6 Å². The van der Waals surface area contributed by atoms with E-state index in [1.807, 2.05) is 18.4 Å². The zero-order valence-electron chi connectivity index (χ0n) is 16.7. The Kier molecular flexibility index (Phi) is 10.0. The van der Waals surface area contributed by atoms with Crippen molar-refractivity contribution in [1.82, 2.24) is 15.5 Å². The first-order chi connectivity index (χ1) is 12.7. The molecule has 0 aliphatic carbocycles. The molecule has 148 valence electrons. The molecule has 0 bridgehead atoms. The molecule has 1 aromatic rings. The second kappa shape index (κ2) is 12.3. The number of ether oxygens (including phenoxy) is 1. The highest BCUT2D eigenvalue weighted by atomic mass is 32.1. The van der Waals surface area contributed by atoms with Crippen LogP contribution in [-0.4, -0.2) is 57.3 Å². The fraction of sp³-hybridized carbons (Fsp3) is 0.750. The Labute approximate surface area is 163 Å². The normalized spacial score (nSPS) is 17.0. The van der Waals surface area contributed by atoms with Crippen LogP contribution in [0.5, 0.6) is 0 Å². The van der Waals surface area contributed by atoms with E-state index < -0.39 is 0 Å². The molecule has 0 saturated carbocycles. The van der Waals surface area contributed by atoms with E-state index >= 15 is 0 Å². The fourth-order valence-electron chi connectivity index (χ4n) is 3.10. The van der Waals surface area contributed by atoms with Gasteiger partial charge in [0.25, 0.3) is 0 Å². The van der Waals surface area contributed by atoms with E-state index in [0.717, 1.165) is 51.1 Å². The summed E-state index contributed by atoms with van der Waals surface area (Å²) in [6.07, 6.45) is 3.64. The average molecular weight is 381 g/mol. The molecule has 0 unspecified atom stereocenters. The summed E-state index contributed by atoms with van der Waals surface area (Å²) in [7, 11) is 1.83. The Morgan fingerprint density at radius 3 is 2.77 bits per heavy atom. The SMILES string of the molecule is CN=C(NCCOCCC(C)C)NCC1CCN(Cc2cccs2)CC1. The van der Waals surface area contributed by atoms with Crippen LogP contribution in [0.3, 0.4) is 0 Å². The standard InChI is InChI=1S/C20H36N4OS/c1-17(2)8-12-25-13-9-22-20(21-3)23-15-18-6-10-24(11-7-18)16-19-5-4-14-26-19/h4-5,14,17-18H,6-13,15-16H2,1-3H3,(H2,21,22,23). The summed E-state index contributed by atoms with van der Waals surface area (Å²) in [6.45, 7) is 11.3. The third kappa shape index (κ3) is 8.52. The molecular formula is C20H36N4OS. The highest BCUT2D eigenvalue weighted by Crippen LogP contribution is 2.20. The Morgan fingerprint density at radius 2 is 2.12 bits per heavy atom. The Bertz CT molecular complexity index is 496. The first-order valence-corrected chi connectivity index (χ1v) is 10.8. The Hall–Kier alpha value is -1.11. The molecule has 2 N–H and O–H groups in total. The average Bonchev–Trinajstić information content (AvgIpc) is 3.14. The maximum Gasteiger partial charge on any atom is 0.191 e. The van der Waals surface area contributed by atoms with Gasteiger partial charge in [0, 0.05) is 38.2 Å². The van der Waals surface area contributed by atoms with E-state index in [1.165, 1.54) is 30.8 Å². The summed E-state index contributed by atoms with van der Waals surface area (Å²) >= 11 is 1.86. The lowest BCUT2D eigenvalue weighted by atomic mass is 9.97. The molecular weight excluding hydrogens is 344 g/mol. The van der Waals surface area contributed by atoms with Gasteiger partial charge in [0.2, 0.25) is 0 Å². The second-order valence-electron chi connectivity index (χ2n) is 7.47. The quantitative estimate of drug-likeness (QED) is 0.372. The van der Waals surface area contributed by atoms with Gasteiger partial charge >= 0.3 is 0 Å². The van der Waals surface area contributed by atoms with Crippen molar-refractivity contribution in [3.05, 3.63) is 22.4 Å². The first-order valence-electron chi connectivity index (χ1n) is 9.94. The van der Waals surface area contributed by atoms with Crippen LogP contribution in [-0.2, 0) is 11.3 Å². The van der Waals surface area contributed by atoms with E-state index in [4.69, 9.17) is 4.74 Å². The molecule has 0 spiro atoms. The molecule has 2 rings (SSSR count). The van der Waals surface area contributed by atoms with Crippen LogP contribution in [0.15, 0.2) is 22.5 Å². The van der Waals surface area contributed by atoms with E-state index in [1.54, 1.807) is 0 Å². The molecule has 6 heteroatoms. The molecule has 0 amide bonds. The number of piperidine rings is 1. The predicted molar refractivity (Wildman–Crippen MR) is 112 cm³/mol. The van der Waals surface area contributed by atoms with E-state index in [0.29, 0.717) is 5.92 Å². The zero-order chi connectivity index (χ0) is 18.6. The lowest BCUT2D eigenvalue weighted by Crippen LogP contribution is -2.43. The highest BCUT2D eigenvalue weighted by molar-refractivity contribution is 7.09. The summed E-state index contributed by atoms with van der Waals surface area (Å²) < 4.78 is 5.64. The molecule has 1 aliphatic rings. The molecule has 0 aromatic carbocycles. The minimum Gasteiger partial charge on any atom is -0.380 e. The van der Waals surface area contributed by atoms with Crippen molar-refractivity contribution < 1.29 is 4.74 Å². The molecule has 0 atom stereocenters. The number of nitrogens with one attached hydrogen (secondary N) is 2. The van der Waals surface area contributed by atoms with Gasteiger partial charge in [-0.15, -0.1) is 11.3 Å². The number of rotatable bonds is 10. The van der Waals surface area contributed by atoms with Crippen LogP contribution in [0, 0.1) is 11.8 Å². The van der Waals surface area contributed by atoms with Crippen LogP contribution in [0.1, 0.15) is 38.0 Å². The summed E-state index contributed by atoms with van der Waals surface area (Å²) in [5.41, 5.74) is 0. The number of hydrogen-bond donors (Lipinski definition) is 2. The maximum atomic E-state index is 5.64. The minimum absolute atomic E-state index is 0.703. The van der Waals surface area contributed by atoms with Gasteiger partial charge < -0.3 is 15.4 Å². The molecule has 1 fully saturated rings. The van der Waals surface area contributed by atoms with E-state index in [2.05, 4.69) is 51.9 Å². The van der Waals surface area contributed by atoms with E-state index in [-0.39, 0.29) is 0 Å². The number of guanidine groups is 1. The van der Waals surface area contributed by atoms with Crippen LogP contribution in [0.25, 0.3) is 0 Å². The molecule has 5 nitrogen and oxygen atoms in total. The van der Waals surface area contributed by atoms with Gasteiger partial charge in [-0.1, -0.05) is 19.9 Å². The van der Waals surface area contributed by atoms with Crippen molar-refractivity contribution in [1.29, 1.82) is 0 Å². The van der Waals surface area contributed by atoms with Crippen LogP contribution < -0.4 is 10.6 Å². The third-order valence-electron chi connectivity index (χ3n) is 4.83. The predicted octanol–water partition coefficient (Wildman–Crippen LogP) is 3.19. The van der Waals surface area contributed by atoms with E-state index in [9.17, 15) is 0 Å². The number of likely N-dealkylation sites (tertiary alicyclic amines) is 1. The number of aliphatic imine (C=N–C) groups is 1. The number of nitrogens with zero attached hydrogens (tertiary/aromatic N) is 2. The lowest BCUT2D eigenvalue weighted by molar-refractivity contribution is 0.128. The molecule has 1 aliphatic heterocycles. The van der Waals surface area contributed by atoms with Gasteiger partial charge in [0.1, 0.15) is 0 Å². The second-order valence-corrected chi connectivity index (χ2v) is 8.51. The topological polar surface area (TPSA) is 48.9 Å².